The fourth-order valence-electron chi connectivity index (χ4n) is 4.22. The number of hydrogen-bond donors (Lipinski definition) is 3. The average Bonchev–Trinajstić information content (AvgIpc) is 3.61. The highest BCUT2D eigenvalue weighted by atomic mass is 31.2. The van der Waals surface area contributed by atoms with Gasteiger partial charge in [-0.2, -0.15) is 0 Å². The highest BCUT2D eigenvalue weighted by Crippen LogP contribution is 2.45. The van der Waals surface area contributed by atoms with Crippen LogP contribution in [0.5, 0.6) is 0 Å². The number of anilines is 1. The molecule has 2 amide bonds. The molecule has 1 aromatic carbocycles. The quantitative estimate of drug-likeness (QED) is 0.337. The van der Waals surface area contributed by atoms with Gasteiger partial charge in [0, 0.05) is 13.7 Å². The second-order valence-corrected chi connectivity index (χ2v) is 9.94. The zero-order valence-electron chi connectivity index (χ0n) is 20.5. The van der Waals surface area contributed by atoms with Crippen LogP contribution in [-0.2, 0) is 27.8 Å². The first kappa shape index (κ1) is 26.4. The van der Waals surface area contributed by atoms with Gasteiger partial charge in [0.2, 0.25) is 0 Å². The molecule has 38 heavy (non-hydrogen) atoms. The molecule has 0 aliphatic carbocycles. The number of carbonyl (C=O) groups is 1. The summed E-state index contributed by atoms with van der Waals surface area (Å²) in [6.45, 7) is 1.95. The van der Waals surface area contributed by atoms with Crippen LogP contribution in [0.4, 0.5) is 10.6 Å². The largest absolute Gasteiger partial charge is 0.472 e. The summed E-state index contributed by atoms with van der Waals surface area (Å²) < 4.78 is 41.6. The van der Waals surface area contributed by atoms with Crippen molar-refractivity contribution in [2.24, 2.45) is 0 Å². The molecule has 15 heteroatoms. The molecule has 3 N–H and O–H groups in total. The van der Waals surface area contributed by atoms with E-state index in [1.807, 2.05) is 36.4 Å². The molecule has 4 heterocycles. The molecule has 0 saturated carbocycles. The number of amides is 2. The molecular weight excluding hydrogens is 519 g/mol. The van der Waals surface area contributed by atoms with Crippen LogP contribution >= 0.6 is 7.82 Å². The van der Waals surface area contributed by atoms with E-state index in [0.29, 0.717) is 17.7 Å². The minimum Gasteiger partial charge on any atom is -0.347 e. The van der Waals surface area contributed by atoms with E-state index in [4.69, 9.17) is 18.7 Å². The molecule has 14 nitrogen and oxygen atoms in total. The summed E-state index contributed by atoms with van der Waals surface area (Å²) in [7, 11) is -3.18. The number of urea groups is 1. The maximum atomic E-state index is 12.0. The van der Waals surface area contributed by atoms with Gasteiger partial charge in [-0.15, -0.1) is 0 Å². The molecule has 0 radical (unpaired) electrons. The molecule has 6 atom stereocenters. The summed E-state index contributed by atoms with van der Waals surface area (Å²) in [5.74, 6) is 0.225. The van der Waals surface area contributed by atoms with Crippen molar-refractivity contribution in [3.63, 3.8) is 0 Å². The van der Waals surface area contributed by atoms with Crippen LogP contribution in [0.1, 0.15) is 18.7 Å². The predicted octanol–water partition coefficient (Wildman–Crippen LogP) is 2.45. The number of phosphoric ester groups is 1. The molecule has 2 aliphatic rings. The van der Waals surface area contributed by atoms with E-state index >= 15 is 0 Å². The molecule has 202 valence electrons. The minimum absolute atomic E-state index is 0.225. The Morgan fingerprint density at radius 3 is 2.74 bits per heavy atom. The van der Waals surface area contributed by atoms with Crippen molar-refractivity contribution in [1.29, 1.82) is 0 Å². The summed E-state index contributed by atoms with van der Waals surface area (Å²) in [5.41, 5.74) is 1.70. The third kappa shape index (κ3) is 5.61. The number of nitrogens with zero attached hydrogens (tertiary/aromatic N) is 4. The molecule has 5 rings (SSSR count). The first-order valence-corrected chi connectivity index (χ1v) is 13.3. The van der Waals surface area contributed by atoms with Crippen LogP contribution < -0.4 is 10.6 Å². The van der Waals surface area contributed by atoms with Gasteiger partial charge in [-0.05, 0) is 18.6 Å². The second kappa shape index (κ2) is 11.3. The van der Waals surface area contributed by atoms with Gasteiger partial charge in [-0.1, -0.05) is 36.4 Å². The Morgan fingerprint density at radius 1 is 1.18 bits per heavy atom. The predicted molar refractivity (Wildman–Crippen MR) is 134 cm³/mol. The van der Waals surface area contributed by atoms with E-state index in [1.165, 1.54) is 12.7 Å². The summed E-state index contributed by atoms with van der Waals surface area (Å²) in [4.78, 5) is 34.6. The number of ether oxygens (including phenoxy) is 3. The van der Waals surface area contributed by atoms with Crippen molar-refractivity contribution in [3.8, 4) is 0 Å². The van der Waals surface area contributed by atoms with Gasteiger partial charge < -0.3 is 24.4 Å². The minimum atomic E-state index is -4.25. The van der Waals surface area contributed by atoms with Crippen molar-refractivity contribution in [2.75, 3.05) is 25.6 Å². The fourth-order valence-corrected chi connectivity index (χ4v) is 4.66. The molecule has 0 bridgehead atoms. The number of benzene rings is 1. The number of phosphoric acid groups is 1. The maximum absolute atomic E-state index is 12.0. The second-order valence-electron chi connectivity index (χ2n) is 8.38. The Bertz CT molecular complexity index is 1350. The van der Waals surface area contributed by atoms with Crippen molar-refractivity contribution in [3.05, 3.63) is 54.6 Å². The van der Waals surface area contributed by atoms with Gasteiger partial charge in [0.05, 0.1) is 12.9 Å². The summed E-state index contributed by atoms with van der Waals surface area (Å²) in [6, 6.07) is 9.23. The zero-order chi connectivity index (χ0) is 26.7. The monoisotopic (exact) mass is 546 g/mol. The molecule has 1 unspecified atom stereocenters. The number of nitrogens with one attached hydrogen (secondary N) is 2. The van der Waals surface area contributed by atoms with E-state index in [2.05, 4.69) is 30.1 Å². The summed E-state index contributed by atoms with van der Waals surface area (Å²) in [6.07, 6.45) is 2.90. The van der Waals surface area contributed by atoms with Crippen molar-refractivity contribution in [1.82, 2.24) is 24.8 Å². The van der Waals surface area contributed by atoms with Gasteiger partial charge in [0.15, 0.2) is 29.5 Å². The highest BCUT2D eigenvalue weighted by Gasteiger charge is 2.54. The number of fused-ring (bicyclic) bond motifs is 2. The molecule has 2 saturated heterocycles. The number of rotatable bonds is 9. The number of hydrogen-bond acceptors (Lipinski definition) is 10. The van der Waals surface area contributed by atoms with Crippen LogP contribution in [0, 0.1) is 0 Å². The maximum Gasteiger partial charge on any atom is 0.472 e. The average molecular weight is 546 g/mol. The SMILES string of the molecule is CCNC(=O)Nc1ncnc2c1ncn2[C@@H]1O[C@H](COP(=O)(O)OC)[C@@H]2O[C@H](/C=C/c3ccccc3)O[C@@H]21. The molecule has 0 spiro atoms. The smallest absolute Gasteiger partial charge is 0.347 e. The topological polar surface area (TPSA) is 168 Å². The standard InChI is InChI=1S/C23H27N6O8P/c1-3-24-23(30)28-20-17-21(26-12-25-20)29(13-27-17)22-19-18(15(35-22)11-34-38(31,32)33-2)36-16(37-19)10-9-14-7-5-4-6-8-14/h4-10,12-13,15-16,18-19,22H,3,11H2,1-2H3,(H,31,32)(H2,24,25,26,28,30)/b10-9+/t15-,16+,18+,19+,22-/m1/s1. The van der Waals surface area contributed by atoms with Gasteiger partial charge in [0.1, 0.15) is 24.6 Å². The number of aromatic nitrogens is 4. The van der Waals surface area contributed by atoms with Crippen molar-refractivity contribution in [2.45, 2.75) is 37.8 Å². The van der Waals surface area contributed by atoms with E-state index in [1.54, 1.807) is 17.6 Å². The van der Waals surface area contributed by atoms with Crippen LogP contribution in [0.3, 0.4) is 0 Å². The van der Waals surface area contributed by atoms with E-state index in [0.717, 1.165) is 12.7 Å². The van der Waals surface area contributed by atoms with E-state index in [9.17, 15) is 14.3 Å². The number of imidazole rings is 1. The third-order valence-electron chi connectivity index (χ3n) is 5.95. The lowest BCUT2D eigenvalue weighted by atomic mass is 10.1. The van der Waals surface area contributed by atoms with Gasteiger partial charge in [-0.3, -0.25) is 18.9 Å². The lowest BCUT2D eigenvalue weighted by Gasteiger charge is -2.20. The third-order valence-corrected chi connectivity index (χ3v) is 6.89. The Balaban J connectivity index is 1.41. The number of carbonyl (C=O) groups excluding carboxylic acids is 1. The summed E-state index contributed by atoms with van der Waals surface area (Å²) in [5, 5.41) is 5.29. The first-order chi connectivity index (χ1) is 18.4. The zero-order valence-corrected chi connectivity index (χ0v) is 21.4. The molecule has 3 aromatic rings. The Hall–Kier alpha value is -3.23. The van der Waals surface area contributed by atoms with Crippen LogP contribution in [0.25, 0.3) is 17.2 Å². The van der Waals surface area contributed by atoms with Gasteiger partial charge in [0.25, 0.3) is 0 Å². The molecule has 2 fully saturated rings. The Morgan fingerprint density at radius 2 is 1.97 bits per heavy atom. The van der Waals surface area contributed by atoms with E-state index < -0.39 is 44.7 Å². The van der Waals surface area contributed by atoms with E-state index in [-0.39, 0.29) is 12.4 Å². The lowest BCUT2D eigenvalue weighted by Crippen LogP contribution is -2.31. The first-order valence-electron chi connectivity index (χ1n) is 11.8. The van der Waals surface area contributed by atoms with Gasteiger partial charge >= 0.3 is 13.9 Å². The normalized spacial score (nSPS) is 26.4. The highest BCUT2D eigenvalue weighted by molar-refractivity contribution is 7.47. The van der Waals surface area contributed by atoms with Gasteiger partial charge in [-0.25, -0.2) is 24.3 Å². The lowest BCUT2D eigenvalue weighted by molar-refractivity contribution is -0.132. The Kier molecular flexibility index (Phi) is 7.81. The summed E-state index contributed by atoms with van der Waals surface area (Å²) >= 11 is 0. The van der Waals surface area contributed by atoms with Crippen LogP contribution in [-0.4, -0.2) is 75.3 Å². The molecule has 2 aromatic heterocycles. The molecule has 2 aliphatic heterocycles. The van der Waals surface area contributed by atoms with Crippen molar-refractivity contribution < 1.29 is 37.5 Å². The fraction of sp³-hybridized carbons (Fsp3) is 0.391. The van der Waals surface area contributed by atoms with Crippen molar-refractivity contribution >= 4 is 36.9 Å². The molecular formula is C23H27N6O8P. The van der Waals surface area contributed by atoms with Crippen LogP contribution in [0.2, 0.25) is 0 Å². The Labute approximate surface area is 217 Å². The van der Waals surface area contributed by atoms with Crippen LogP contribution in [0.15, 0.2) is 49.1 Å².